The van der Waals surface area contributed by atoms with E-state index in [9.17, 15) is 4.39 Å². The minimum atomic E-state index is -0.328. The van der Waals surface area contributed by atoms with E-state index in [1.807, 2.05) is 7.05 Å². The van der Waals surface area contributed by atoms with Crippen LogP contribution in [0.4, 0.5) is 4.39 Å². The van der Waals surface area contributed by atoms with Gasteiger partial charge in [0.1, 0.15) is 11.6 Å². The highest BCUT2D eigenvalue weighted by Crippen LogP contribution is 2.32. The molecule has 0 saturated heterocycles. The van der Waals surface area contributed by atoms with E-state index in [0.717, 1.165) is 5.56 Å². The lowest BCUT2D eigenvalue weighted by atomic mass is 10.1. The fraction of sp³-hybridized carbons (Fsp3) is 0.250. The molecule has 0 atom stereocenters. The topological polar surface area (TPSA) is 49.9 Å². The molecule has 2 rings (SSSR count). The number of rotatable bonds is 4. The molecule has 0 fully saturated rings. The van der Waals surface area contributed by atoms with Gasteiger partial charge in [-0.15, -0.1) is 0 Å². The molecule has 1 aromatic heterocycles. The summed E-state index contributed by atoms with van der Waals surface area (Å²) < 4.78 is 19.0. The van der Waals surface area contributed by atoms with Crippen LogP contribution in [0.2, 0.25) is 0 Å². The number of nitrogens with zero attached hydrogens (tertiary/aromatic N) is 1. The molecule has 0 radical (unpaired) electrons. The standard InChI is InChI=1S/C12H14FN3O/c1-14-6-8-7-15-16-12(8)11-9(13)4-3-5-10(11)17-2/h3-5,7,14H,6H2,1-2H3,(H,15,16). The number of nitrogens with one attached hydrogen (secondary N) is 2. The SMILES string of the molecule is CNCc1cn[nH]c1-c1c(F)cccc1OC. The van der Waals surface area contributed by atoms with E-state index in [0.29, 0.717) is 23.6 Å². The summed E-state index contributed by atoms with van der Waals surface area (Å²) >= 11 is 0. The lowest BCUT2D eigenvalue weighted by Gasteiger charge is -2.09. The van der Waals surface area contributed by atoms with E-state index in [4.69, 9.17) is 4.74 Å². The number of aromatic nitrogens is 2. The van der Waals surface area contributed by atoms with Crippen LogP contribution in [0.15, 0.2) is 24.4 Å². The second-order valence-electron chi connectivity index (χ2n) is 3.62. The highest BCUT2D eigenvalue weighted by molar-refractivity contribution is 5.70. The lowest BCUT2D eigenvalue weighted by Crippen LogP contribution is -2.05. The summed E-state index contributed by atoms with van der Waals surface area (Å²) in [5.41, 5.74) is 1.96. The zero-order chi connectivity index (χ0) is 12.3. The lowest BCUT2D eigenvalue weighted by molar-refractivity contribution is 0.413. The van der Waals surface area contributed by atoms with E-state index in [1.54, 1.807) is 18.3 Å². The van der Waals surface area contributed by atoms with Crippen LogP contribution in [-0.2, 0) is 6.54 Å². The Kier molecular flexibility index (Phi) is 3.39. The van der Waals surface area contributed by atoms with Crippen molar-refractivity contribution >= 4 is 0 Å². The van der Waals surface area contributed by atoms with Crippen LogP contribution < -0.4 is 10.1 Å². The maximum atomic E-state index is 13.9. The van der Waals surface area contributed by atoms with Gasteiger partial charge in [0.25, 0.3) is 0 Å². The van der Waals surface area contributed by atoms with Gasteiger partial charge in [-0.25, -0.2) is 4.39 Å². The predicted molar refractivity (Wildman–Crippen MR) is 63.3 cm³/mol. The molecule has 5 heteroatoms. The van der Waals surface area contributed by atoms with Crippen molar-refractivity contribution < 1.29 is 9.13 Å². The normalized spacial score (nSPS) is 10.5. The molecule has 0 spiro atoms. The molecule has 1 heterocycles. The predicted octanol–water partition coefficient (Wildman–Crippen LogP) is 1.94. The van der Waals surface area contributed by atoms with Gasteiger partial charge in [0.05, 0.1) is 24.6 Å². The van der Waals surface area contributed by atoms with E-state index in [-0.39, 0.29) is 5.82 Å². The number of aromatic amines is 1. The van der Waals surface area contributed by atoms with Crippen LogP contribution in [0.3, 0.4) is 0 Å². The van der Waals surface area contributed by atoms with Crippen LogP contribution >= 0.6 is 0 Å². The van der Waals surface area contributed by atoms with E-state index < -0.39 is 0 Å². The summed E-state index contributed by atoms with van der Waals surface area (Å²) in [6.45, 7) is 0.614. The van der Waals surface area contributed by atoms with Gasteiger partial charge < -0.3 is 10.1 Å². The van der Waals surface area contributed by atoms with E-state index in [1.165, 1.54) is 13.2 Å². The summed E-state index contributed by atoms with van der Waals surface area (Å²) in [6.07, 6.45) is 1.68. The van der Waals surface area contributed by atoms with Crippen LogP contribution in [0, 0.1) is 5.82 Å². The number of methoxy groups -OCH3 is 1. The maximum Gasteiger partial charge on any atom is 0.136 e. The molecular formula is C12H14FN3O. The molecule has 90 valence electrons. The average molecular weight is 235 g/mol. The van der Waals surface area contributed by atoms with Gasteiger partial charge in [-0.1, -0.05) is 6.07 Å². The highest BCUT2D eigenvalue weighted by Gasteiger charge is 2.16. The number of hydrogen-bond donors (Lipinski definition) is 2. The zero-order valence-electron chi connectivity index (χ0n) is 9.75. The van der Waals surface area contributed by atoms with Crippen LogP contribution in [0.1, 0.15) is 5.56 Å². The first-order valence-electron chi connectivity index (χ1n) is 5.27. The average Bonchev–Trinajstić information content (AvgIpc) is 2.77. The number of benzene rings is 1. The highest BCUT2D eigenvalue weighted by atomic mass is 19.1. The first kappa shape index (κ1) is 11.6. The Morgan fingerprint density at radius 1 is 1.47 bits per heavy atom. The number of halogens is 1. The molecule has 4 nitrogen and oxygen atoms in total. The van der Waals surface area contributed by atoms with Crippen molar-refractivity contribution in [2.45, 2.75) is 6.54 Å². The van der Waals surface area contributed by atoms with Gasteiger partial charge in [-0.05, 0) is 19.2 Å². The molecule has 2 N–H and O–H groups in total. The quantitative estimate of drug-likeness (QED) is 0.851. The molecule has 0 aliphatic carbocycles. The van der Waals surface area contributed by atoms with Crippen molar-refractivity contribution in [2.75, 3.05) is 14.2 Å². The monoisotopic (exact) mass is 235 g/mol. The third kappa shape index (κ3) is 2.14. The molecule has 17 heavy (non-hydrogen) atoms. The molecular weight excluding hydrogens is 221 g/mol. The molecule has 0 aliphatic heterocycles. The summed E-state index contributed by atoms with van der Waals surface area (Å²) in [4.78, 5) is 0. The molecule has 0 amide bonds. The zero-order valence-corrected chi connectivity index (χ0v) is 9.75. The first-order chi connectivity index (χ1) is 8.27. The van der Waals surface area contributed by atoms with Crippen molar-refractivity contribution in [1.82, 2.24) is 15.5 Å². The molecule has 0 saturated carbocycles. The van der Waals surface area contributed by atoms with Gasteiger partial charge >= 0.3 is 0 Å². The van der Waals surface area contributed by atoms with Crippen LogP contribution in [0.5, 0.6) is 5.75 Å². The minimum absolute atomic E-state index is 0.328. The van der Waals surface area contributed by atoms with Gasteiger partial charge in [-0.3, -0.25) is 5.10 Å². The van der Waals surface area contributed by atoms with Gasteiger partial charge in [0.2, 0.25) is 0 Å². The minimum Gasteiger partial charge on any atom is -0.496 e. The summed E-state index contributed by atoms with van der Waals surface area (Å²) in [5, 5.41) is 9.77. The Morgan fingerprint density at radius 2 is 2.29 bits per heavy atom. The number of H-pyrrole nitrogens is 1. The van der Waals surface area contributed by atoms with Crippen molar-refractivity contribution in [2.24, 2.45) is 0 Å². The van der Waals surface area contributed by atoms with Gasteiger partial charge in [0.15, 0.2) is 0 Å². The van der Waals surface area contributed by atoms with Crippen molar-refractivity contribution in [3.63, 3.8) is 0 Å². The Hall–Kier alpha value is -1.88. The maximum absolute atomic E-state index is 13.9. The molecule has 2 aromatic rings. The Bertz CT molecular complexity index is 510. The van der Waals surface area contributed by atoms with Gasteiger partial charge in [0, 0.05) is 12.1 Å². The fourth-order valence-corrected chi connectivity index (χ4v) is 1.77. The molecule has 0 unspecified atom stereocenters. The Labute approximate surface area is 98.8 Å². The third-order valence-electron chi connectivity index (χ3n) is 2.53. The second-order valence-corrected chi connectivity index (χ2v) is 3.62. The Morgan fingerprint density at radius 3 is 3.00 bits per heavy atom. The summed E-state index contributed by atoms with van der Waals surface area (Å²) in [5.74, 6) is 0.164. The summed E-state index contributed by atoms with van der Waals surface area (Å²) in [7, 11) is 3.35. The van der Waals surface area contributed by atoms with Gasteiger partial charge in [-0.2, -0.15) is 5.10 Å². The molecule has 1 aromatic carbocycles. The second kappa shape index (κ2) is 4.97. The number of ether oxygens (including phenoxy) is 1. The largest absolute Gasteiger partial charge is 0.496 e. The summed E-state index contributed by atoms with van der Waals surface area (Å²) in [6, 6.07) is 4.75. The molecule has 0 bridgehead atoms. The smallest absolute Gasteiger partial charge is 0.136 e. The molecule has 0 aliphatic rings. The van der Waals surface area contributed by atoms with E-state index >= 15 is 0 Å². The fourth-order valence-electron chi connectivity index (χ4n) is 1.77. The van der Waals surface area contributed by atoms with Crippen molar-refractivity contribution in [3.05, 3.63) is 35.8 Å². The van der Waals surface area contributed by atoms with E-state index in [2.05, 4.69) is 15.5 Å². The number of hydrogen-bond acceptors (Lipinski definition) is 3. The first-order valence-corrected chi connectivity index (χ1v) is 5.27. The van der Waals surface area contributed by atoms with Crippen LogP contribution in [0.25, 0.3) is 11.3 Å². The van der Waals surface area contributed by atoms with Crippen molar-refractivity contribution in [1.29, 1.82) is 0 Å². The Balaban J connectivity index is 2.55. The van der Waals surface area contributed by atoms with Crippen molar-refractivity contribution in [3.8, 4) is 17.0 Å². The van der Waals surface area contributed by atoms with Crippen LogP contribution in [-0.4, -0.2) is 24.4 Å². The third-order valence-corrected chi connectivity index (χ3v) is 2.53.